The van der Waals surface area contributed by atoms with Crippen LogP contribution in [0.5, 0.6) is 0 Å². The monoisotopic (exact) mass is 332 g/mol. The Morgan fingerprint density at radius 1 is 1.21 bits per heavy atom. The van der Waals surface area contributed by atoms with Crippen molar-refractivity contribution in [3.63, 3.8) is 0 Å². The van der Waals surface area contributed by atoms with Crippen LogP contribution in [-0.2, 0) is 4.79 Å². The lowest BCUT2D eigenvalue weighted by molar-refractivity contribution is -0.384. The van der Waals surface area contributed by atoms with Crippen LogP contribution in [0.2, 0.25) is 0 Å². The van der Waals surface area contributed by atoms with Gasteiger partial charge in [0.15, 0.2) is 5.69 Å². The summed E-state index contributed by atoms with van der Waals surface area (Å²) in [6.45, 7) is 0.372. The molecule has 2 rings (SSSR count). The molecule has 0 spiro atoms. The van der Waals surface area contributed by atoms with Gasteiger partial charge < -0.3 is 10.4 Å². The number of amides is 1. The average Bonchev–Trinajstić information content (AvgIpc) is 3.04. The minimum atomic E-state index is -0.858. The molecule has 0 aliphatic carbocycles. The van der Waals surface area contributed by atoms with E-state index >= 15 is 0 Å². The van der Waals surface area contributed by atoms with Gasteiger partial charge in [0.1, 0.15) is 0 Å². The first-order valence-electron chi connectivity index (χ1n) is 7.28. The molecule has 9 heteroatoms. The normalized spacial score (nSPS) is 10.3. The molecular formula is C15H16N4O5. The minimum absolute atomic E-state index is 0.0229. The maximum absolute atomic E-state index is 11.9. The van der Waals surface area contributed by atoms with Gasteiger partial charge in [-0.15, -0.1) is 0 Å². The Bertz CT molecular complexity index is 739. The molecule has 1 aromatic carbocycles. The van der Waals surface area contributed by atoms with Crippen LogP contribution < -0.4 is 5.32 Å². The lowest BCUT2D eigenvalue weighted by Crippen LogP contribution is -2.25. The van der Waals surface area contributed by atoms with Crippen LogP contribution in [0.4, 0.5) is 5.69 Å². The van der Waals surface area contributed by atoms with Crippen molar-refractivity contribution in [3.05, 3.63) is 52.3 Å². The Hall–Kier alpha value is -3.23. The third kappa shape index (κ3) is 4.63. The number of benzene rings is 1. The summed E-state index contributed by atoms with van der Waals surface area (Å²) in [5, 5.41) is 25.9. The third-order valence-electron chi connectivity index (χ3n) is 3.25. The smallest absolute Gasteiger partial charge is 0.303 e. The van der Waals surface area contributed by atoms with E-state index in [1.807, 2.05) is 0 Å². The number of aliphatic carboxylic acids is 1. The minimum Gasteiger partial charge on any atom is -0.481 e. The molecule has 9 nitrogen and oxygen atoms in total. The number of nitro groups is 1. The third-order valence-corrected chi connectivity index (χ3v) is 3.25. The topological polar surface area (TPSA) is 127 Å². The second-order valence-corrected chi connectivity index (χ2v) is 5.03. The molecule has 0 radical (unpaired) electrons. The number of nitro benzene ring substituents is 1. The van der Waals surface area contributed by atoms with Crippen molar-refractivity contribution in [3.8, 4) is 5.69 Å². The first kappa shape index (κ1) is 17.1. The molecule has 1 amide bonds. The molecule has 0 unspecified atom stereocenters. The molecule has 0 aliphatic heterocycles. The quantitative estimate of drug-likeness (QED) is 0.431. The summed E-state index contributed by atoms with van der Waals surface area (Å²) >= 11 is 0. The maximum atomic E-state index is 11.9. The summed E-state index contributed by atoms with van der Waals surface area (Å²) < 4.78 is 1.45. The van der Waals surface area contributed by atoms with E-state index in [0.29, 0.717) is 25.1 Å². The fraction of sp³-hybridized carbons (Fsp3) is 0.267. The highest BCUT2D eigenvalue weighted by molar-refractivity contribution is 5.92. The van der Waals surface area contributed by atoms with Crippen LogP contribution in [-0.4, -0.2) is 38.2 Å². The van der Waals surface area contributed by atoms with Gasteiger partial charge in [-0.3, -0.25) is 19.7 Å². The van der Waals surface area contributed by atoms with E-state index in [1.54, 1.807) is 18.3 Å². The predicted molar refractivity (Wildman–Crippen MR) is 84.0 cm³/mol. The zero-order valence-electron chi connectivity index (χ0n) is 12.7. The van der Waals surface area contributed by atoms with Crippen LogP contribution in [0.3, 0.4) is 0 Å². The molecule has 1 heterocycles. The lowest BCUT2D eigenvalue weighted by Gasteiger charge is -2.03. The summed E-state index contributed by atoms with van der Waals surface area (Å²) in [5.74, 6) is -1.21. The molecule has 0 bridgehead atoms. The van der Waals surface area contributed by atoms with Gasteiger partial charge in [-0.25, -0.2) is 4.68 Å². The molecule has 24 heavy (non-hydrogen) atoms. The average molecular weight is 332 g/mol. The van der Waals surface area contributed by atoms with Crippen molar-refractivity contribution < 1.29 is 19.6 Å². The van der Waals surface area contributed by atoms with Crippen LogP contribution in [0, 0.1) is 10.1 Å². The molecule has 2 N–H and O–H groups in total. The number of carbonyl (C=O) groups excluding carboxylic acids is 1. The van der Waals surface area contributed by atoms with E-state index < -0.39 is 10.9 Å². The number of hydrogen-bond acceptors (Lipinski definition) is 5. The van der Waals surface area contributed by atoms with Gasteiger partial charge in [-0.2, -0.15) is 5.10 Å². The van der Waals surface area contributed by atoms with Crippen molar-refractivity contribution >= 4 is 17.6 Å². The van der Waals surface area contributed by atoms with Crippen molar-refractivity contribution in [1.29, 1.82) is 0 Å². The molecule has 126 valence electrons. The number of aromatic nitrogens is 2. The number of nitrogens with one attached hydrogen (secondary N) is 1. The summed E-state index contributed by atoms with van der Waals surface area (Å²) in [4.78, 5) is 32.4. The SMILES string of the molecule is O=C(O)CCCCNC(=O)c1ccn(-c2ccc([N+](=O)[O-])cc2)n1. The van der Waals surface area contributed by atoms with Crippen LogP contribution in [0.1, 0.15) is 29.8 Å². The van der Waals surface area contributed by atoms with Crippen molar-refractivity contribution in [2.75, 3.05) is 6.54 Å². The van der Waals surface area contributed by atoms with Gasteiger partial charge in [-0.05, 0) is 31.0 Å². The number of nitrogens with zero attached hydrogens (tertiary/aromatic N) is 3. The maximum Gasteiger partial charge on any atom is 0.303 e. The van der Waals surface area contributed by atoms with Crippen molar-refractivity contribution in [2.45, 2.75) is 19.3 Å². The van der Waals surface area contributed by atoms with Gasteiger partial charge >= 0.3 is 5.97 Å². The van der Waals surface area contributed by atoms with Crippen molar-refractivity contribution in [1.82, 2.24) is 15.1 Å². The molecular weight excluding hydrogens is 316 g/mol. The number of non-ortho nitro benzene ring substituents is 1. The number of carbonyl (C=O) groups is 2. The first-order chi connectivity index (χ1) is 11.5. The summed E-state index contributed by atoms with van der Waals surface area (Å²) in [5.41, 5.74) is 0.790. The van der Waals surface area contributed by atoms with E-state index in [2.05, 4.69) is 10.4 Å². The number of carboxylic acid groups (broad SMARTS) is 1. The van der Waals surface area contributed by atoms with Gasteiger partial charge in [0.05, 0.1) is 10.6 Å². The van der Waals surface area contributed by atoms with Gasteiger partial charge in [-0.1, -0.05) is 0 Å². The highest BCUT2D eigenvalue weighted by Crippen LogP contribution is 2.14. The Labute approximate surface area is 137 Å². The van der Waals surface area contributed by atoms with Gasteiger partial charge in [0.2, 0.25) is 0 Å². The largest absolute Gasteiger partial charge is 0.481 e. The Kier molecular flexibility index (Phi) is 5.61. The molecule has 0 fully saturated rings. The first-order valence-corrected chi connectivity index (χ1v) is 7.28. The summed E-state index contributed by atoms with van der Waals surface area (Å²) in [7, 11) is 0. The zero-order valence-corrected chi connectivity index (χ0v) is 12.7. The van der Waals surface area contributed by atoms with Crippen LogP contribution in [0.25, 0.3) is 5.69 Å². The summed E-state index contributed by atoms with van der Waals surface area (Å²) in [6.07, 6.45) is 2.72. The fourth-order valence-corrected chi connectivity index (χ4v) is 2.01. The predicted octanol–water partition coefficient (Wildman–Crippen LogP) is 1.77. The molecule has 1 aromatic heterocycles. The second kappa shape index (κ2) is 7.86. The van der Waals surface area contributed by atoms with Crippen molar-refractivity contribution in [2.24, 2.45) is 0 Å². The van der Waals surface area contributed by atoms with E-state index in [9.17, 15) is 19.7 Å². The summed E-state index contributed by atoms with van der Waals surface area (Å²) in [6, 6.07) is 7.34. The highest BCUT2D eigenvalue weighted by atomic mass is 16.6. The number of rotatable bonds is 8. The van der Waals surface area contributed by atoms with E-state index in [-0.39, 0.29) is 23.7 Å². The van der Waals surface area contributed by atoms with Gasteiger partial charge in [0, 0.05) is 31.3 Å². The van der Waals surface area contributed by atoms with E-state index in [1.165, 1.54) is 22.9 Å². The standard InChI is InChI=1S/C15H16N4O5/c20-14(21)3-1-2-9-16-15(22)13-8-10-18(17-13)11-4-6-12(7-5-11)19(23)24/h4-8,10H,1-3,9H2,(H,16,22)(H,20,21). The number of unbranched alkanes of at least 4 members (excludes halogenated alkanes) is 1. The Morgan fingerprint density at radius 2 is 1.92 bits per heavy atom. The fourth-order valence-electron chi connectivity index (χ4n) is 2.01. The molecule has 0 saturated heterocycles. The molecule has 0 saturated carbocycles. The van der Waals surface area contributed by atoms with Crippen LogP contribution in [0.15, 0.2) is 36.5 Å². The highest BCUT2D eigenvalue weighted by Gasteiger charge is 2.11. The molecule has 2 aromatic rings. The van der Waals surface area contributed by atoms with E-state index in [4.69, 9.17) is 5.11 Å². The zero-order chi connectivity index (χ0) is 17.5. The number of carboxylic acids is 1. The Morgan fingerprint density at radius 3 is 2.54 bits per heavy atom. The molecule has 0 atom stereocenters. The number of hydrogen-bond donors (Lipinski definition) is 2. The Balaban J connectivity index is 1.91. The lowest BCUT2D eigenvalue weighted by atomic mass is 10.2. The molecule has 0 aliphatic rings. The van der Waals surface area contributed by atoms with Gasteiger partial charge in [0.25, 0.3) is 11.6 Å². The van der Waals surface area contributed by atoms with E-state index in [0.717, 1.165) is 0 Å². The second-order valence-electron chi connectivity index (χ2n) is 5.03. The van der Waals surface area contributed by atoms with Crippen LogP contribution >= 0.6 is 0 Å².